The van der Waals surface area contributed by atoms with Crippen molar-refractivity contribution in [1.29, 1.82) is 0 Å². The Morgan fingerprint density at radius 1 is 1.32 bits per heavy atom. The summed E-state index contributed by atoms with van der Waals surface area (Å²) >= 11 is 1.59. The zero-order valence-electron chi connectivity index (χ0n) is 12.2. The smallest absolute Gasteiger partial charge is 0.222 e. The van der Waals surface area contributed by atoms with Crippen LogP contribution in [0.1, 0.15) is 23.2 Å². The lowest BCUT2D eigenvalue weighted by Crippen LogP contribution is -2.29. The van der Waals surface area contributed by atoms with Gasteiger partial charge in [-0.3, -0.25) is 9.59 Å². The maximum Gasteiger partial charge on any atom is 0.222 e. The number of benzene rings is 1. The van der Waals surface area contributed by atoms with Crippen LogP contribution in [0, 0.1) is 0 Å². The van der Waals surface area contributed by atoms with Crippen LogP contribution in [0.25, 0.3) is 11.1 Å². The highest BCUT2D eigenvalue weighted by Gasteiger charge is 2.19. The molecule has 0 atom stereocenters. The van der Waals surface area contributed by atoms with Crippen LogP contribution in [0.4, 0.5) is 0 Å². The van der Waals surface area contributed by atoms with Crippen LogP contribution >= 0.6 is 11.3 Å². The normalized spacial score (nSPS) is 14.4. The van der Waals surface area contributed by atoms with Gasteiger partial charge in [0.15, 0.2) is 6.29 Å². The Morgan fingerprint density at radius 3 is 2.91 bits per heavy atom. The van der Waals surface area contributed by atoms with E-state index in [0.717, 1.165) is 36.1 Å². The van der Waals surface area contributed by atoms with Crippen LogP contribution < -0.4 is 4.74 Å². The van der Waals surface area contributed by atoms with Crippen molar-refractivity contribution >= 4 is 23.5 Å². The zero-order valence-corrected chi connectivity index (χ0v) is 13.0. The summed E-state index contributed by atoms with van der Waals surface area (Å²) in [6.45, 7) is 1.91. The first-order valence-corrected chi connectivity index (χ1v) is 8.24. The molecule has 2 heterocycles. The average Bonchev–Trinajstić information content (AvgIpc) is 3.19. The second-order valence-corrected chi connectivity index (χ2v) is 5.99. The molecule has 0 unspecified atom stereocenters. The zero-order chi connectivity index (χ0) is 15.4. The number of likely N-dealkylation sites (tertiary alicyclic amines) is 1. The van der Waals surface area contributed by atoms with E-state index < -0.39 is 0 Å². The molecule has 0 bridgehead atoms. The standard InChI is InChI=1S/C17H17NO3S/c19-11-13-3-4-15(10-16(13)14-5-9-22-12-14)21-8-7-18-6-1-2-17(18)20/h3-5,9-12H,1-2,6-8H2. The molecule has 114 valence electrons. The van der Waals surface area contributed by atoms with Gasteiger partial charge in [0.1, 0.15) is 12.4 Å². The third-order valence-electron chi connectivity index (χ3n) is 3.79. The van der Waals surface area contributed by atoms with Crippen LogP contribution in [0.5, 0.6) is 5.75 Å². The van der Waals surface area contributed by atoms with Gasteiger partial charge in [-0.05, 0) is 52.6 Å². The molecule has 1 aromatic heterocycles. The fourth-order valence-electron chi connectivity index (χ4n) is 2.61. The van der Waals surface area contributed by atoms with Gasteiger partial charge in [0.05, 0.1) is 6.54 Å². The molecule has 3 rings (SSSR count). The second kappa shape index (κ2) is 6.75. The van der Waals surface area contributed by atoms with Crippen molar-refractivity contribution in [1.82, 2.24) is 4.90 Å². The molecule has 1 fully saturated rings. The van der Waals surface area contributed by atoms with E-state index in [4.69, 9.17) is 4.74 Å². The van der Waals surface area contributed by atoms with Crippen molar-refractivity contribution < 1.29 is 14.3 Å². The van der Waals surface area contributed by atoms with Crippen LogP contribution in [0.2, 0.25) is 0 Å². The number of carbonyl (C=O) groups is 2. The molecule has 1 saturated heterocycles. The number of hydrogen-bond donors (Lipinski definition) is 0. The Labute approximate surface area is 133 Å². The topological polar surface area (TPSA) is 46.6 Å². The van der Waals surface area contributed by atoms with E-state index in [1.807, 2.05) is 27.8 Å². The number of carbonyl (C=O) groups excluding carboxylic acids is 2. The third kappa shape index (κ3) is 3.20. The van der Waals surface area contributed by atoms with Gasteiger partial charge in [0, 0.05) is 18.5 Å². The first-order valence-electron chi connectivity index (χ1n) is 7.30. The number of hydrogen-bond acceptors (Lipinski definition) is 4. The monoisotopic (exact) mass is 315 g/mol. The van der Waals surface area contributed by atoms with E-state index in [1.54, 1.807) is 23.5 Å². The molecule has 0 aliphatic carbocycles. The van der Waals surface area contributed by atoms with Gasteiger partial charge < -0.3 is 9.64 Å². The summed E-state index contributed by atoms with van der Waals surface area (Å²) in [4.78, 5) is 24.6. The predicted molar refractivity (Wildman–Crippen MR) is 86.5 cm³/mol. The maximum atomic E-state index is 11.5. The first-order chi connectivity index (χ1) is 10.8. The number of aldehydes is 1. The van der Waals surface area contributed by atoms with Gasteiger partial charge in [-0.15, -0.1) is 0 Å². The van der Waals surface area contributed by atoms with E-state index in [9.17, 15) is 9.59 Å². The first kappa shape index (κ1) is 14.8. The fraction of sp³-hybridized carbons (Fsp3) is 0.294. The summed E-state index contributed by atoms with van der Waals surface area (Å²) in [7, 11) is 0. The highest BCUT2D eigenvalue weighted by molar-refractivity contribution is 7.08. The number of thiophene rings is 1. The summed E-state index contributed by atoms with van der Waals surface area (Å²) in [6, 6.07) is 7.44. The van der Waals surface area contributed by atoms with E-state index in [0.29, 0.717) is 25.1 Å². The minimum Gasteiger partial charge on any atom is -0.492 e. The van der Waals surface area contributed by atoms with Gasteiger partial charge in [0.25, 0.3) is 0 Å². The van der Waals surface area contributed by atoms with Gasteiger partial charge in [-0.1, -0.05) is 0 Å². The molecule has 0 spiro atoms. The molecule has 0 saturated carbocycles. The van der Waals surface area contributed by atoms with Crippen molar-refractivity contribution in [2.24, 2.45) is 0 Å². The average molecular weight is 315 g/mol. The van der Waals surface area contributed by atoms with Crippen molar-refractivity contribution in [3.8, 4) is 16.9 Å². The largest absolute Gasteiger partial charge is 0.492 e. The van der Waals surface area contributed by atoms with Crippen LogP contribution in [0.3, 0.4) is 0 Å². The minimum absolute atomic E-state index is 0.207. The Hall–Kier alpha value is -2.14. The molecule has 4 nitrogen and oxygen atoms in total. The van der Waals surface area contributed by atoms with E-state index >= 15 is 0 Å². The van der Waals surface area contributed by atoms with E-state index in [1.165, 1.54) is 0 Å². The number of rotatable bonds is 6. The molecule has 1 aliphatic rings. The third-order valence-corrected chi connectivity index (χ3v) is 4.47. The Bertz CT molecular complexity index is 667. The summed E-state index contributed by atoms with van der Waals surface area (Å²) in [5.74, 6) is 0.928. The quantitative estimate of drug-likeness (QED) is 0.769. The Morgan fingerprint density at radius 2 is 2.23 bits per heavy atom. The van der Waals surface area contributed by atoms with Crippen molar-refractivity contribution in [2.75, 3.05) is 19.7 Å². The highest BCUT2D eigenvalue weighted by atomic mass is 32.1. The fourth-order valence-corrected chi connectivity index (χ4v) is 3.27. The van der Waals surface area contributed by atoms with Gasteiger partial charge in [0.2, 0.25) is 5.91 Å². The van der Waals surface area contributed by atoms with Gasteiger partial charge in [-0.25, -0.2) is 0 Å². The SMILES string of the molecule is O=Cc1ccc(OCCN2CCCC2=O)cc1-c1ccsc1. The molecule has 1 aromatic carbocycles. The van der Waals surface area contributed by atoms with Gasteiger partial charge >= 0.3 is 0 Å². The molecule has 1 aliphatic heterocycles. The van der Waals surface area contributed by atoms with Crippen LogP contribution in [-0.2, 0) is 4.79 Å². The highest BCUT2D eigenvalue weighted by Crippen LogP contribution is 2.29. The van der Waals surface area contributed by atoms with Crippen molar-refractivity contribution in [3.63, 3.8) is 0 Å². The predicted octanol–water partition coefficient (Wildman–Crippen LogP) is 3.23. The molecule has 0 N–H and O–H groups in total. The summed E-state index contributed by atoms with van der Waals surface area (Å²) < 4.78 is 5.75. The Kier molecular flexibility index (Phi) is 4.53. The number of nitrogens with zero attached hydrogens (tertiary/aromatic N) is 1. The second-order valence-electron chi connectivity index (χ2n) is 5.21. The molecule has 1 amide bonds. The summed E-state index contributed by atoms with van der Waals surface area (Å²) in [5, 5.41) is 3.99. The van der Waals surface area contributed by atoms with E-state index in [-0.39, 0.29) is 5.91 Å². The molecular formula is C17H17NO3S. The lowest BCUT2D eigenvalue weighted by Gasteiger charge is -2.16. The van der Waals surface area contributed by atoms with E-state index in [2.05, 4.69) is 0 Å². The maximum absolute atomic E-state index is 11.5. The minimum atomic E-state index is 0.207. The lowest BCUT2D eigenvalue weighted by molar-refractivity contribution is -0.128. The number of amides is 1. The lowest BCUT2D eigenvalue weighted by atomic mass is 10.0. The van der Waals surface area contributed by atoms with Crippen LogP contribution in [0.15, 0.2) is 35.0 Å². The summed E-state index contributed by atoms with van der Waals surface area (Å²) in [5.41, 5.74) is 2.55. The molecule has 0 radical (unpaired) electrons. The van der Waals surface area contributed by atoms with Crippen molar-refractivity contribution in [2.45, 2.75) is 12.8 Å². The van der Waals surface area contributed by atoms with Crippen molar-refractivity contribution in [3.05, 3.63) is 40.6 Å². The van der Waals surface area contributed by atoms with Gasteiger partial charge in [-0.2, -0.15) is 11.3 Å². The summed E-state index contributed by atoms with van der Waals surface area (Å²) in [6.07, 6.45) is 2.45. The Balaban J connectivity index is 1.68. The molecule has 5 heteroatoms. The molecule has 22 heavy (non-hydrogen) atoms. The van der Waals surface area contributed by atoms with Crippen LogP contribution in [-0.4, -0.2) is 36.8 Å². The number of ether oxygens (including phenoxy) is 1. The molecular weight excluding hydrogens is 298 g/mol. The molecule has 2 aromatic rings.